The van der Waals surface area contributed by atoms with Gasteiger partial charge in [-0.25, -0.2) is 0 Å². The minimum absolute atomic E-state index is 0.122. The molecule has 0 bridgehead atoms. The van der Waals surface area contributed by atoms with Crippen molar-refractivity contribution >= 4 is 52.5 Å². The molecule has 63 heavy (non-hydrogen) atoms. The van der Waals surface area contributed by atoms with Crippen LogP contribution >= 0.6 is 23.3 Å². The maximum Gasteiger partial charge on any atom is 0.311 e. The molecule has 1 heterocycles. The van der Waals surface area contributed by atoms with Crippen LogP contribution in [0.1, 0.15) is 134 Å². The first-order valence-electron chi connectivity index (χ1n) is 22.2. The highest BCUT2D eigenvalue weighted by Gasteiger charge is 2.56. The van der Waals surface area contributed by atoms with E-state index >= 15 is 4.57 Å². The van der Waals surface area contributed by atoms with E-state index in [9.17, 15) is 19.2 Å². The maximum atomic E-state index is 16.5. The number of ether oxygens (including phenoxy) is 5. The summed E-state index contributed by atoms with van der Waals surface area (Å²) in [5.41, 5.74) is -3.50. The van der Waals surface area contributed by atoms with Crippen molar-refractivity contribution in [3.05, 3.63) is 64.6 Å². The van der Waals surface area contributed by atoms with Gasteiger partial charge in [-0.15, -0.1) is 0 Å². The fourth-order valence-electron chi connectivity index (χ4n) is 7.40. The molecule has 1 N–H and O–H groups in total. The average Bonchev–Trinajstić information content (AvgIpc) is 3.16. The van der Waals surface area contributed by atoms with Gasteiger partial charge in [0.15, 0.2) is 24.5 Å². The number of hydrogen-bond donors (Lipinski definition) is 1. The summed E-state index contributed by atoms with van der Waals surface area (Å²) in [4.78, 5) is 55.3. The lowest BCUT2D eigenvalue weighted by Gasteiger charge is -2.48. The lowest BCUT2D eigenvalue weighted by atomic mass is 9.75. The molecule has 2 fully saturated rings. The van der Waals surface area contributed by atoms with E-state index in [0.717, 1.165) is 17.3 Å². The lowest BCUT2D eigenvalue weighted by Crippen LogP contribution is -2.67. The SMILES string of the molecule is CC(C)[C@@H]1CC[C@@H](C)C[C@H]1O[P@@](=O)(c1ccccc1)[C@H](N[C@@H]1O[C@H](COC(=O)C(C)(C)C)[C@H](OC(=O)C(C)(C)C)[C@H](OC(=O)C(C)(C)C)[C@H]1OC(=O)C(C)(C)C)c1ccc(Br)cc1. The molecular weight excluding hydrogens is 889 g/mol. The Morgan fingerprint density at radius 2 is 1.21 bits per heavy atom. The molecule has 14 heteroatoms. The van der Waals surface area contributed by atoms with Crippen LogP contribution in [0, 0.1) is 39.4 Å². The Bertz CT molecular complexity index is 1930. The second-order valence-corrected chi connectivity index (χ2v) is 25.2. The number of halogens is 1. The molecule has 0 unspecified atom stereocenters. The zero-order valence-corrected chi connectivity index (χ0v) is 42.6. The molecule has 2 aliphatic rings. The van der Waals surface area contributed by atoms with Crippen molar-refractivity contribution in [3.8, 4) is 0 Å². The summed E-state index contributed by atoms with van der Waals surface area (Å²) in [7, 11) is -4.08. The normalized spacial score (nSPS) is 26.2. The van der Waals surface area contributed by atoms with Gasteiger partial charge >= 0.3 is 23.9 Å². The predicted octanol–water partition coefficient (Wildman–Crippen LogP) is 10.3. The van der Waals surface area contributed by atoms with Gasteiger partial charge < -0.3 is 28.2 Å². The number of benzene rings is 2. The quantitative estimate of drug-likeness (QED) is 0.116. The molecule has 10 atom stereocenters. The summed E-state index contributed by atoms with van der Waals surface area (Å²) >= 11 is 3.56. The number of carbonyl (C=O) groups excluding carboxylic acids is 4. The van der Waals surface area contributed by atoms with Crippen LogP contribution in [0.2, 0.25) is 0 Å². The van der Waals surface area contributed by atoms with Gasteiger partial charge in [-0.3, -0.25) is 29.1 Å². The van der Waals surface area contributed by atoms with Crippen LogP contribution < -0.4 is 10.6 Å². The van der Waals surface area contributed by atoms with E-state index in [2.05, 4.69) is 42.0 Å². The molecule has 4 rings (SSSR count). The Balaban J connectivity index is 2.03. The number of esters is 4. The van der Waals surface area contributed by atoms with E-state index in [1.54, 1.807) is 95.2 Å². The molecule has 0 aromatic heterocycles. The summed E-state index contributed by atoms with van der Waals surface area (Å²) in [6, 6.07) is 16.4. The van der Waals surface area contributed by atoms with Crippen LogP contribution in [0.3, 0.4) is 0 Å². The third kappa shape index (κ3) is 13.7. The van der Waals surface area contributed by atoms with E-state index in [1.165, 1.54) is 0 Å². The Hall–Kier alpha value is -3.09. The zero-order chi connectivity index (χ0) is 47.5. The topological polar surface area (TPSA) is 153 Å². The van der Waals surface area contributed by atoms with Gasteiger partial charge in [-0.2, -0.15) is 0 Å². The van der Waals surface area contributed by atoms with Crippen LogP contribution in [-0.2, 0) is 52.0 Å². The van der Waals surface area contributed by atoms with Crippen LogP contribution in [0.15, 0.2) is 59.1 Å². The van der Waals surface area contributed by atoms with Crippen LogP contribution in [0.5, 0.6) is 0 Å². The van der Waals surface area contributed by atoms with E-state index < -0.39 is 95.9 Å². The van der Waals surface area contributed by atoms with Crippen molar-refractivity contribution in [3.63, 3.8) is 0 Å². The smallest absolute Gasteiger partial charge is 0.311 e. The van der Waals surface area contributed by atoms with Crippen LogP contribution in [0.4, 0.5) is 0 Å². The second kappa shape index (κ2) is 20.6. The van der Waals surface area contributed by atoms with Gasteiger partial charge in [0, 0.05) is 9.78 Å². The highest BCUT2D eigenvalue weighted by molar-refractivity contribution is 9.10. The number of rotatable bonds is 13. The van der Waals surface area contributed by atoms with E-state index in [0.29, 0.717) is 23.2 Å². The average molecular weight is 963 g/mol. The van der Waals surface area contributed by atoms with Crippen LogP contribution in [-0.4, -0.2) is 67.2 Å². The summed E-state index contributed by atoms with van der Waals surface area (Å²) in [6.45, 7) is 26.3. The lowest BCUT2D eigenvalue weighted by molar-refractivity contribution is -0.265. The molecule has 2 aromatic rings. The van der Waals surface area contributed by atoms with Gasteiger partial charge in [-0.1, -0.05) is 73.5 Å². The third-order valence-corrected chi connectivity index (χ3v) is 14.7. The van der Waals surface area contributed by atoms with Crippen molar-refractivity contribution in [2.75, 3.05) is 6.61 Å². The highest BCUT2D eigenvalue weighted by Crippen LogP contribution is 2.61. The molecule has 0 amide bonds. The Labute approximate surface area is 384 Å². The number of hydrogen-bond acceptors (Lipinski definition) is 12. The second-order valence-electron chi connectivity index (χ2n) is 21.8. The molecule has 352 valence electrons. The molecule has 2 aromatic carbocycles. The van der Waals surface area contributed by atoms with Gasteiger partial charge in [0.1, 0.15) is 18.5 Å². The summed E-state index contributed by atoms with van der Waals surface area (Å²) in [5.74, 6) is -3.02. The van der Waals surface area contributed by atoms with Crippen LogP contribution in [0.25, 0.3) is 0 Å². The Morgan fingerprint density at radius 3 is 1.70 bits per heavy atom. The van der Waals surface area contributed by atoms with E-state index in [1.807, 2.05) is 42.5 Å². The van der Waals surface area contributed by atoms with Gasteiger partial charge in [0.25, 0.3) is 7.37 Å². The molecular formula is C49H73BrNO11P. The molecule has 12 nitrogen and oxygen atoms in total. The molecule has 1 aliphatic carbocycles. The van der Waals surface area contributed by atoms with Gasteiger partial charge in [-0.05, 0) is 144 Å². The van der Waals surface area contributed by atoms with Gasteiger partial charge in [0.2, 0.25) is 0 Å². The third-order valence-electron chi connectivity index (χ3n) is 11.4. The Morgan fingerprint density at radius 1 is 0.714 bits per heavy atom. The molecule has 1 saturated heterocycles. The summed E-state index contributed by atoms with van der Waals surface area (Å²) < 4.78 is 56.1. The predicted molar refractivity (Wildman–Crippen MR) is 247 cm³/mol. The van der Waals surface area contributed by atoms with Crippen molar-refractivity contribution in [2.45, 2.75) is 166 Å². The molecule has 1 aliphatic heterocycles. The monoisotopic (exact) mass is 961 g/mol. The van der Waals surface area contributed by atoms with Crippen molar-refractivity contribution in [1.29, 1.82) is 0 Å². The number of carbonyl (C=O) groups is 4. The first kappa shape index (κ1) is 52.5. The fourth-order valence-corrected chi connectivity index (χ4v) is 10.3. The van der Waals surface area contributed by atoms with Crippen molar-refractivity contribution < 1.29 is 52.0 Å². The van der Waals surface area contributed by atoms with E-state index in [4.69, 9.17) is 28.2 Å². The summed E-state index contributed by atoms with van der Waals surface area (Å²) in [6.07, 6.45) is -4.88. The highest BCUT2D eigenvalue weighted by atomic mass is 79.9. The number of nitrogens with one attached hydrogen (secondary N) is 1. The van der Waals surface area contributed by atoms with Crippen molar-refractivity contribution in [2.24, 2.45) is 39.4 Å². The summed E-state index contributed by atoms with van der Waals surface area (Å²) in [5, 5.41) is 3.95. The maximum absolute atomic E-state index is 16.5. The molecule has 1 saturated carbocycles. The zero-order valence-electron chi connectivity index (χ0n) is 40.1. The Kier molecular flexibility index (Phi) is 17.2. The molecule has 0 radical (unpaired) electrons. The van der Waals surface area contributed by atoms with Gasteiger partial charge in [0.05, 0.1) is 27.8 Å². The standard InChI is InChI=1S/C49H73BrNO11P/c1-29(2)34-26-21-30(3)27-35(34)62-63(56,33-19-17-16-18-20-33)41(31-22-24-32(50)25-23-31)51-40-39(61-45(55)49(13,14)15)38(60-44(54)48(10,11)12)37(59-43(53)47(7,8)9)36(58-40)28-57-42(52)46(4,5)6/h16-20,22-25,29-30,34-41,51H,21,26-28H2,1-15H3/t30-,34+,35-,36-,37+,38+,39-,40-,41+,63+/m1/s1. The van der Waals surface area contributed by atoms with Crippen molar-refractivity contribution in [1.82, 2.24) is 5.32 Å². The molecule has 0 spiro atoms. The first-order valence-corrected chi connectivity index (χ1v) is 24.7. The largest absolute Gasteiger partial charge is 0.462 e. The van der Waals surface area contributed by atoms with E-state index in [-0.39, 0.29) is 17.9 Å². The minimum Gasteiger partial charge on any atom is -0.462 e. The first-order chi connectivity index (χ1) is 28.9. The fraction of sp³-hybridized carbons (Fsp3) is 0.673. The minimum atomic E-state index is -4.08.